The first-order valence-corrected chi connectivity index (χ1v) is 13.8. The maximum atomic E-state index is 13.5. The fourth-order valence-corrected chi connectivity index (χ4v) is 5.73. The largest absolute Gasteiger partial charge is 0.318 e. The summed E-state index contributed by atoms with van der Waals surface area (Å²) in [6, 6.07) is 22.9. The number of hydrazone groups is 1. The number of benzene rings is 3. The van der Waals surface area contributed by atoms with Gasteiger partial charge in [0, 0.05) is 27.7 Å². The van der Waals surface area contributed by atoms with Gasteiger partial charge in [0.25, 0.3) is 15.9 Å². The van der Waals surface area contributed by atoms with Gasteiger partial charge in [-0.1, -0.05) is 41.4 Å². The van der Waals surface area contributed by atoms with Crippen molar-refractivity contribution in [3.05, 3.63) is 112 Å². The molecule has 0 bridgehead atoms. The number of anilines is 1. The summed E-state index contributed by atoms with van der Waals surface area (Å²) in [6.07, 6.45) is 1.56. The molecule has 0 fully saturated rings. The van der Waals surface area contributed by atoms with Crippen molar-refractivity contribution >= 4 is 39.4 Å². The van der Waals surface area contributed by atoms with Crippen molar-refractivity contribution in [2.75, 3.05) is 10.8 Å². The standard InChI is InChI=1S/C29H29ClN4O3S/c1-20-8-14-28(15-9-20)38(36,37)33(26-12-10-25(30)11-13-26)19-29(35)32-31-18-24-17-22(3)34(23(24)4)27-7-5-6-21(2)16-27/h5-18H,19H2,1-4H3,(H,32,35)/b31-18-. The number of hydrogen-bond acceptors (Lipinski definition) is 4. The van der Waals surface area contributed by atoms with Crippen LogP contribution in [0.2, 0.25) is 5.02 Å². The van der Waals surface area contributed by atoms with Gasteiger partial charge in [-0.3, -0.25) is 9.10 Å². The average molecular weight is 549 g/mol. The molecule has 0 aliphatic carbocycles. The first kappa shape index (κ1) is 27.2. The summed E-state index contributed by atoms with van der Waals surface area (Å²) in [5.41, 5.74) is 8.75. The van der Waals surface area contributed by atoms with Crippen LogP contribution in [0.25, 0.3) is 5.69 Å². The average Bonchev–Trinajstić information content (AvgIpc) is 3.16. The number of aryl methyl sites for hydroxylation is 3. The van der Waals surface area contributed by atoms with Crippen LogP contribution >= 0.6 is 11.6 Å². The minimum absolute atomic E-state index is 0.0814. The van der Waals surface area contributed by atoms with Crippen LogP contribution in [0.4, 0.5) is 5.69 Å². The van der Waals surface area contributed by atoms with Crippen molar-refractivity contribution in [2.24, 2.45) is 5.10 Å². The highest BCUT2D eigenvalue weighted by molar-refractivity contribution is 7.92. The fourth-order valence-electron chi connectivity index (χ4n) is 4.18. The van der Waals surface area contributed by atoms with Gasteiger partial charge in [0.1, 0.15) is 6.54 Å². The molecule has 0 unspecified atom stereocenters. The number of halogens is 1. The second-order valence-corrected chi connectivity index (χ2v) is 11.4. The SMILES string of the molecule is Cc1ccc(S(=O)(=O)N(CC(=O)N/N=C\c2cc(C)n(-c3cccc(C)c3)c2C)c2ccc(Cl)cc2)cc1. The van der Waals surface area contributed by atoms with E-state index in [-0.39, 0.29) is 4.90 Å². The molecule has 0 spiro atoms. The van der Waals surface area contributed by atoms with Crippen molar-refractivity contribution in [3.63, 3.8) is 0 Å². The highest BCUT2D eigenvalue weighted by Gasteiger charge is 2.27. The van der Waals surface area contributed by atoms with Crippen molar-refractivity contribution in [1.82, 2.24) is 9.99 Å². The molecule has 4 aromatic rings. The molecule has 1 heterocycles. The Kier molecular flexibility index (Phi) is 8.04. The summed E-state index contributed by atoms with van der Waals surface area (Å²) in [4.78, 5) is 13.0. The molecule has 0 saturated carbocycles. The van der Waals surface area contributed by atoms with E-state index in [1.807, 2.05) is 52.0 Å². The Labute approximate surface area is 228 Å². The number of rotatable bonds is 8. The Hall–Kier alpha value is -3.88. The van der Waals surface area contributed by atoms with Crippen molar-refractivity contribution < 1.29 is 13.2 Å². The van der Waals surface area contributed by atoms with E-state index in [0.717, 1.165) is 38.1 Å². The normalized spacial score (nSPS) is 11.6. The first-order valence-electron chi connectivity index (χ1n) is 12.0. The van der Waals surface area contributed by atoms with Crippen LogP contribution in [0.15, 0.2) is 88.9 Å². The molecule has 0 radical (unpaired) electrons. The van der Waals surface area contributed by atoms with Crippen molar-refractivity contribution in [3.8, 4) is 5.69 Å². The van der Waals surface area contributed by atoms with E-state index in [1.54, 1.807) is 42.6 Å². The van der Waals surface area contributed by atoms with Gasteiger partial charge in [0.05, 0.1) is 16.8 Å². The highest BCUT2D eigenvalue weighted by Crippen LogP contribution is 2.25. The van der Waals surface area contributed by atoms with E-state index in [4.69, 9.17) is 11.6 Å². The zero-order chi connectivity index (χ0) is 27.4. The van der Waals surface area contributed by atoms with E-state index in [2.05, 4.69) is 21.2 Å². The lowest BCUT2D eigenvalue weighted by Gasteiger charge is -2.23. The molecule has 0 aliphatic heterocycles. The molecule has 3 aromatic carbocycles. The van der Waals surface area contributed by atoms with Crippen LogP contribution in [0, 0.1) is 27.7 Å². The lowest BCUT2D eigenvalue weighted by atomic mass is 10.2. The summed E-state index contributed by atoms with van der Waals surface area (Å²) < 4.78 is 30.1. The number of amides is 1. The third-order valence-corrected chi connectivity index (χ3v) is 8.17. The molecule has 0 aliphatic rings. The highest BCUT2D eigenvalue weighted by atomic mass is 35.5. The topological polar surface area (TPSA) is 83.8 Å². The Morgan fingerprint density at radius 2 is 1.63 bits per heavy atom. The summed E-state index contributed by atoms with van der Waals surface area (Å²) >= 11 is 6.00. The van der Waals surface area contributed by atoms with Crippen LogP contribution in [-0.2, 0) is 14.8 Å². The zero-order valence-corrected chi connectivity index (χ0v) is 23.2. The van der Waals surface area contributed by atoms with E-state index < -0.39 is 22.5 Å². The minimum atomic E-state index is -4.02. The number of nitrogens with one attached hydrogen (secondary N) is 1. The van der Waals surface area contributed by atoms with Gasteiger partial charge in [-0.2, -0.15) is 5.10 Å². The third-order valence-electron chi connectivity index (χ3n) is 6.13. The van der Waals surface area contributed by atoms with E-state index >= 15 is 0 Å². The van der Waals surface area contributed by atoms with Gasteiger partial charge < -0.3 is 4.57 Å². The smallest absolute Gasteiger partial charge is 0.264 e. The zero-order valence-electron chi connectivity index (χ0n) is 21.6. The Morgan fingerprint density at radius 3 is 2.29 bits per heavy atom. The first-order chi connectivity index (χ1) is 18.1. The molecule has 9 heteroatoms. The van der Waals surface area contributed by atoms with Crippen LogP contribution in [0.3, 0.4) is 0 Å². The van der Waals surface area contributed by atoms with Crippen LogP contribution < -0.4 is 9.73 Å². The van der Waals surface area contributed by atoms with E-state index in [9.17, 15) is 13.2 Å². The number of carbonyl (C=O) groups excluding carboxylic acids is 1. The van der Waals surface area contributed by atoms with Gasteiger partial charge in [-0.05, 0) is 87.9 Å². The van der Waals surface area contributed by atoms with Crippen molar-refractivity contribution in [2.45, 2.75) is 32.6 Å². The molecule has 1 aromatic heterocycles. The predicted molar refractivity (Wildman–Crippen MR) is 153 cm³/mol. The molecule has 0 saturated heterocycles. The predicted octanol–water partition coefficient (Wildman–Crippen LogP) is 5.71. The summed E-state index contributed by atoms with van der Waals surface area (Å²) in [5.74, 6) is -0.584. The maximum Gasteiger partial charge on any atom is 0.264 e. The van der Waals surface area contributed by atoms with Gasteiger partial charge in [-0.15, -0.1) is 0 Å². The van der Waals surface area contributed by atoms with E-state index in [0.29, 0.717) is 10.7 Å². The summed E-state index contributed by atoms with van der Waals surface area (Å²) in [6.45, 7) is 7.44. The second kappa shape index (κ2) is 11.2. The number of carbonyl (C=O) groups is 1. The van der Waals surface area contributed by atoms with Crippen molar-refractivity contribution in [1.29, 1.82) is 0 Å². The number of nitrogens with zero attached hydrogens (tertiary/aromatic N) is 3. The van der Waals surface area contributed by atoms with Gasteiger partial charge in [0.2, 0.25) is 0 Å². The van der Waals surface area contributed by atoms with Gasteiger partial charge >= 0.3 is 0 Å². The molecule has 4 rings (SSSR count). The van der Waals surface area contributed by atoms with Gasteiger partial charge in [-0.25, -0.2) is 13.8 Å². The molecule has 0 atom stereocenters. The third kappa shape index (κ3) is 5.98. The van der Waals surface area contributed by atoms with Gasteiger partial charge in [0.15, 0.2) is 0 Å². The molecule has 7 nitrogen and oxygen atoms in total. The molecule has 1 amide bonds. The monoisotopic (exact) mass is 548 g/mol. The molecular formula is C29H29ClN4O3S. The maximum absolute atomic E-state index is 13.5. The molecular weight excluding hydrogens is 520 g/mol. The quantitative estimate of drug-likeness (QED) is 0.226. The lowest BCUT2D eigenvalue weighted by Crippen LogP contribution is -2.39. The second-order valence-electron chi connectivity index (χ2n) is 9.10. The van der Waals surface area contributed by atoms with E-state index in [1.165, 1.54) is 12.1 Å². The van der Waals surface area contributed by atoms with Crippen LogP contribution in [0.1, 0.15) is 28.1 Å². The minimum Gasteiger partial charge on any atom is -0.318 e. The lowest BCUT2D eigenvalue weighted by molar-refractivity contribution is -0.119. The Balaban J connectivity index is 1.55. The molecule has 38 heavy (non-hydrogen) atoms. The summed E-state index contributed by atoms with van der Waals surface area (Å²) in [7, 11) is -4.02. The molecule has 1 N–H and O–H groups in total. The van der Waals surface area contributed by atoms with Crippen LogP contribution in [0.5, 0.6) is 0 Å². The molecule has 196 valence electrons. The Bertz CT molecular complexity index is 1590. The number of hydrogen-bond donors (Lipinski definition) is 1. The Morgan fingerprint density at radius 1 is 0.947 bits per heavy atom. The fraction of sp³-hybridized carbons (Fsp3) is 0.172. The summed E-state index contributed by atoms with van der Waals surface area (Å²) in [5, 5.41) is 4.57. The van der Waals surface area contributed by atoms with Crippen LogP contribution in [-0.4, -0.2) is 31.7 Å². The number of sulfonamides is 1. The number of aromatic nitrogens is 1.